The number of rotatable bonds is 0. The standard InChI is InChI=1S/C21H35NO2/c1-13-15-6-5-14-16(19(15,2)10-9-18(13)22-24)7-11-20(3)17(14)8-12-21(20,4)23/h13-17,23-24H,5-12H2,1-4H3/b22-18+/t13-,14+,15-,16-,17-,19-,20-,21-/m0/s1. The number of nitrogens with zero attached hydrogens (tertiary/aromatic N) is 1. The summed E-state index contributed by atoms with van der Waals surface area (Å²) in [6.45, 7) is 9.28. The molecule has 4 rings (SSSR count). The average molecular weight is 334 g/mol. The van der Waals surface area contributed by atoms with Crippen LogP contribution in [0.3, 0.4) is 0 Å². The maximum atomic E-state index is 11.0. The lowest BCUT2D eigenvalue weighted by Crippen LogP contribution is -2.57. The summed E-state index contributed by atoms with van der Waals surface area (Å²) in [5, 5.41) is 24.0. The maximum absolute atomic E-state index is 11.0. The van der Waals surface area contributed by atoms with Crippen molar-refractivity contribution in [2.45, 2.75) is 84.7 Å². The molecule has 3 heteroatoms. The number of hydrogen-bond acceptors (Lipinski definition) is 3. The van der Waals surface area contributed by atoms with Crippen LogP contribution in [-0.4, -0.2) is 21.6 Å². The molecule has 0 amide bonds. The van der Waals surface area contributed by atoms with Gasteiger partial charge in [-0.3, -0.25) is 0 Å². The Morgan fingerprint density at radius 2 is 1.62 bits per heavy atom. The van der Waals surface area contributed by atoms with Gasteiger partial charge < -0.3 is 10.3 Å². The molecule has 4 saturated carbocycles. The Morgan fingerprint density at radius 3 is 2.33 bits per heavy atom. The fourth-order valence-electron chi connectivity index (χ4n) is 7.92. The third-order valence-electron chi connectivity index (χ3n) is 9.68. The quantitative estimate of drug-likeness (QED) is 0.491. The fraction of sp³-hybridized carbons (Fsp3) is 0.952. The predicted molar refractivity (Wildman–Crippen MR) is 96.1 cm³/mol. The van der Waals surface area contributed by atoms with E-state index >= 15 is 0 Å². The Morgan fingerprint density at radius 1 is 0.917 bits per heavy atom. The zero-order valence-electron chi connectivity index (χ0n) is 15.9. The molecule has 0 spiro atoms. The minimum atomic E-state index is -0.475. The van der Waals surface area contributed by atoms with Crippen molar-refractivity contribution in [1.82, 2.24) is 0 Å². The molecule has 4 fully saturated rings. The summed E-state index contributed by atoms with van der Waals surface area (Å²) in [7, 11) is 0. The van der Waals surface area contributed by atoms with E-state index in [-0.39, 0.29) is 5.41 Å². The molecule has 0 saturated heterocycles. The van der Waals surface area contributed by atoms with E-state index in [9.17, 15) is 10.3 Å². The van der Waals surface area contributed by atoms with Crippen LogP contribution >= 0.6 is 0 Å². The molecule has 2 N–H and O–H groups in total. The molecular formula is C21H35NO2. The summed E-state index contributed by atoms with van der Waals surface area (Å²) in [5.41, 5.74) is 1.07. The first kappa shape index (κ1) is 16.9. The fourth-order valence-corrected chi connectivity index (χ4v) is 7.92. The number of hydrogen-bond donors (Lipinski definition) is 2. The second-order valence-corrected chi connectivity index (χ2v) is 10.2. The Labute approximate surface area is 146 Å². The van der Waals surface area contributed by atoms with Crippen LogP contribution in [0, 0.1) is 40.4 Å². The lowest BCUT2D eigenvalue weighted by atomic mass is 9.43. The first-order valence-corrected chi connectivity index (χ1v) is 10.2. The van der Waals surface area contributed by atoms with Crippen LogP contribution in [0.25, 0.3) is 0 Å². The van der Waals surface area contributed by atoms with Crippen molar-refractivity contribution in [3.63, 3.8) is 0 Å². The largest absolute Gasteiger partial charge is 0.411 e. The van der Waals surface area contributed by atoms with Gasteiger partial charge in [-0.15, -0.1) is 0 Å². The highest BCUT2D eigenvalue weighted by molar-refractivity contribution is 5.87. The minimum absolute atomic E-state index is 0.120. The normalized spacial score (nSPS) is 58.9. The molecule has 4 aliphatic carbocycles. The third-order valence-corrected chi connectivity index (χ3v) is 9.68. The van der Waals surface area contributed by atoms with E-state index in [0.717, 1.165) is 30.4 Å². The minimum Gasteiger partial charge on any atom is -0.411 e. The summed E-state index contributed by atoms with van der Waals surface area (Å²) in [4.78, 5) is 0. The lowest BCUT2D eigenvalue weighted by molar-refractivity contribution is -0.145. The van der Waals surface area contributed by atoms with E-state index in [2.05, 4.69) is 32.9 Å². The zero-order chi connectivity index (χ0) is 17.3. The molecule has 0 aliphatic heterocycles. The summed E-state index contributed by atoms with van der Waals surface area (Å²) in [6.07, 6.45) is 9.38. The molecule has 0 heterocycles. The van der Waals surface area contributed by atoms with Crippen molar-refractivity contribution in [3.8, 4) is 0 Å². The summed E-state index contributed by atoms with van der Waals surface area (Å²) in [6, 6.07) is 0. The second-order valence-electron chi connectivity index (χ2n) is 10.2. The maximum Gasteiger partial charge on any atom is 0.0675 e. The Bertz CT molecular complexity index is 556. The van der Waals surface area contributed by atoms with Gasteiger partial charge >= 0.3 is 0 Å². The third kappa shape index (κ3) is 1.97. The van der Waals surface area contributed by atoms with E-state index in [1.54, 1.807) is 0 Å². The van der Waals surface area contributed by atoms with Crippen LogP contribution in [0.15, 0.2) is 5.16 Å². The Kier molecular flexibility index (Phi) is 3.67. The molecule has 3 nitrogen and oxygen atoms in total. The first-order valence-electron chi connectivity index (χ1n) is 10.2. The Hall–Kier alpha value is -0.570. The highest BCUT2D eigenvalue weighted by Crippen LogP contribution is 2.68. The topological polar surface area (TPSA) is 52.8 Å². The number of oxime groups is 1. The van der Waals surface area contributed by atoms with Gasteiger partial charge in [-0.2, -0.15) is 0 Å². The SMILES string of the molecule is C[C@@H]1/C(=N/O)CC[C@]2(C)[C@H]3CC[C@@]4(C)[C@@H](CC[C@]4(C)O)[C@@H]3CC[C@@H]12. The molecule has 0 radical (unpaired) electrons. The van der Waals surface area contributed by atoms with E-state index in [1.807, 2.05) is 0 Å². The summed E-state index contributed by atoms with van der Waals surface area (Å²) < 4.78 is 0. The lowest BCUT2D eigenvalue weighted by Gasteiger charge is -2.62. The van der Waals surface area contributed by atoms with Gasteiger partial charge in [0.05, 0.1) is 11.3 Å². The molecule has 0 unspecified atom stereocenters. The van der Waals surface area contributed by atoms with Crippen molar-refractivity contribution in [1.29, 1.82) is 0 Å². The molecule has 4 aliphatic rings. The predicted octanol–water partition coefficient (Wildman–Crippen LogP) is 4.86. The van der Waals surface area contributed by atoms with Crippen LogP contribution in [-0.2, 0) is 0 Å². The van der Waals surface area contributed by atoms with Gasteiger partial charge in [0.1, 0.15) is 0 Å². The van der Waals surface area contributed by atoms with Crippen LogP contribution < -0.4 is 0 Å². The van der Waals surface area contributed by atoms with Crippen molar-refractivity contribution in [2.75, 3.05) is 0 Å². The van der Waals surface area contributed by atoms with Crippen LogP contribution in [0.1, 0.15) is 79.1 Å². The van der Waals surface area contributed by atoms with Gasteiger partial charge in [-0.1, -0.05) is 25.9 Å². The van der Waals surface area contributed by atoms with Gasteiger partial charge in [0.25, 0.3) is 0 Å². The number of aliphatic hydroxyl groups is 1. The molecule has 8 atom stereocenters. The number of fused-ring (bicyclic) bond motifs is 5. The van der Waals surface area contributed by atoms with Crippen molar-refractivity contribution < 1.29 is 10.3 Å². The van der Waals surface area contributed by atoms with Gasteiger partial charge in [-0.05, 0) is 92.8 Å². The average Bonchev–Trinajstić information content (AvgIpc) is 2.78. The van der Waals surface area contributed by atoms with Crippen LogP contribution in [0.5, 0.6) is 0 Å². The van der Waals surface area contributed by atoms with Crippen molar-refractivity contribution in [3.05, 3.63) is 0 Å². The van der Waals surface area contributed by atoms with Crippen molar-refractivity contribution in [2.24, 2.45) is 45.6 Å². The highest BCUT2D eigenvalue weighted by Gasteiger charge is 2.63. The van der Waals surface area contributed by atoms with Crippen LogP contribution in [0.2, 0.25) is 0 Å². The van der Waals surface area contributed by atoms with E-state index in [4.69, 9.17) is 0 Å². The summed E-state index contributed by atoms with van der Waals surface area (Å²) in [5.74, 6) is 3.39. The van der Waals surface area contributed by atoms with Gasteiger partial charge in [0, 0.05) is 5.92 Å². The van der Waals surface area contributed by atoms with E-state index in [1.165, 1.54) is 38.5 Å². The van der Waals surface area contributed by atoms with Crippen molar-refractivity contribution >= 4 is 5.71 Å². The summed E-state index contributed by atoms with van der Waals surface area (Å²) >= 11 is 0. The monoisotopic (exact) mass is 333 g/mol. The van der Waals surface area contributed by atoms with Gasteiger partial charge in [-0.25, -0.2) is 0 Å². The highest BCUT2D eigenvalue weighted by atomic mass is 16.4. The second kappa shape index (κ2) is 5.22. The van der Waals surface area contributed by atoms with Gasteiger partial charge in [0.2, 0.25) is 0 Å². The van der Waals surface area contributed by atoms with Crippen LogP contribution in [0.4, 0.5) is 0 Å². The molecule has 24 heavy (non-hydrogen) atoms. The molecule has 136 valence electrons. The molecular weight excluding hydrogens is 298 g/mol. The molecule has 0 aromatic heterocycles. The molecule has 0 bridgehead atoms. The van der Waals surface area contributed by atoms with E-state index < -0.39 is 5.60 Å². The zero-order valence-corrected chi connectivity index (χ0v) is 15.9. The van der Waals surface area contributed by atoms with E-state index in [0.29, 0.717) is 23.2 Å². The molecule has 0 aromatic rings. The smallest absolute Gasteiger partial charge is 0.0675 e. The molecule has 0 aromatic carbocycles. The first-order chi connectivity index (χ1) is 11.2. The van der Waals surface area contributed by atoms with Gasteiger partial charge in [0.15, 0.2) is 0 Å². The Balaban J connectivity index is 1.65.